The van der Waals surface area contributed by atoms with Crippen LogP contribution < -0.4 is 10.1 Å². The number of aromatic nitrogens is 2. The van der Waals surface area contributed by atoms with Crippen molar-refractivity contribution in [2.45, 2.75) is 31.8 Å². The first-order valence-corrected chi connectivity index (χ1v) is 10.6. The minimum absolute atomic E-state index is 0.0814. The molecule has 0 amide bonds. The third kappa shape index (κ3) is 3.72. The number of nitrogens with zero attached hydrogens (tertiary/aromatic N) is 2. The molecule has 1 fully saturated rings. The van der Waals surface area contributed by atoms with Crippen molar-refractivity contribution < 1.29 is 13.2 Å². The van der Waals surface area contributed by atoms with Crippen molar-refractivity contribution in [2.75, 3.05) is 24.7 Å². The Morgan fingerprint density at radius 3 is 3.12 bits per heavy atom. The molecule has 6 nitrogen and oxygen atoms in total. The van der Waals surface area contributed by atoms with E-state index < -0.39 is 9.84 Å². The summed E-state index contributed by atoms with van der Waals surface area (Å²) in [5.74, 6) is 1.55. The van der Waals surface area contributed by atoms with Crippen molar-refractivity contribution in [3.63, 3.8) is 0 Å². The van der Waals surface area contributed by atoms with Gasteiger partial charge in [-0.15, -0.1) is 0 Å². The number of imidazole rings is 1. The number of hydrogen-bond acceptors (Lipinski definition) is 5. The zero-order valence-corrected chi connectivity index (χ0v) is 15.0. The van der Waals surface area contributed by atoms with Gasteiger partial charge in [-0.25, -0.2) is 13.4 Å². The van der Waals surface area contributed by atoms with Crippen molar-refractivity contribution in [3.8, 4) is 17.0 Å². The van der Waals surface area contributed by atoms with Crippen molar-refractivity contribution in [1.29, 1.82) is 0 Å². The molecule has 1 saturated heterocycles. The molecule has 3 heterocycles. The highest BCUT2D eigenvalue weighted by Crippen LogP contribution is 2.30. The number of benzene rings is 1. The molecule has 25 heavy (non-hydrogen) atoms. The van der Waals surface area contributed by atoms with E-state index in [0.29, 0.717) is 12.2 Å². The van der Waals surface area contributed by atoms with Crippen LogP contribution in [0.15, 0.2) is 30.7 Å². The van der Waals surface area contributed by atoms with Gasteiger partial charge in [0, 0.05) is 24.7 Å². The highest BCUT2D eigenvalue weighted by molar-refractivity contribution is 7.91. The fourth-order valence-electron chi connectivity index (χ4n) is 3.60. The summed E-state index contributed by atoms with van der Waals surface area (Å²) in [6, 6.07) is 6.40. The number of nitrogens with one attached hydrogen (secondary N) is 1. The molecule has 0 spiro atoms. The molecule has 134 valence electrons. The molecule has 2 aromatic rings. The van der Waals surface area contributed by atoms with Gasteiger partial charge in [-0.1, -0.05) is 0 Å². The molecular formula is C18H23N3O3S. The predicted octanol–water partition coefficient (Wildman–Crippen LogP) is 1.65. The molecule has 0 aliphatic carbocycles. The zero-order chi connectivity index (χ0) is 17.3. The molecule has 7 heteroatoms. The van der Waals surface area contributed by atoms with Crippen LogP contribution in [0.25, 0.3) is 11.3 Å². The highest BCUT2D eigenvalue weighted by Gasteiger charge is 2.27. The number of ether oxygens (including phenoxy) is 1. The van der Waals surface area contributed by atoms with Gasteiger partial charge in [-0.3, -0.25) is 0 Å². The van der Waals surface area contributed by atoms with Crippen molar-refractivity contribution in [1.82, 2.24) is 14.9 Å². The average Bonchev–Trinajstić information content (AvgIpc) is 3.21. The minimum atomic E-state index is -2.83. The summed E-state index contributed by atoms with van der Waals surface area (Å²) < 4.78 is 30.8. The van der Waals surface area contributed by atoms with Crippen LogP contribution in [0, 0.1) is 0 Å². The van der Waals surface area contributed by atoms with Gasteiger partial charge in [-0.05, 0) is 43.0 Å². The van der Waals surface area contributed by atoms with E-state index in [1.807, 2.05) is 18.6 Å². The molecule has 1 aromatic heterocycles. The van der Waals surface area contributed by atoms with Gasteiger partial charge in [0.15, 0.2) is 9.84 Å². The Balaban J connectivity index is 1.42. The van der Waals surface area contributed by atoms with Crippen LogP contribution in [-0.4, -0.2) is 48.7 Å². The van der Waals surface area contributed by atoms with E-state index in [1.54, 1.807) is 0 Å². The fourth-order valence-corrected chi connectivity index (χ4v) is 5.31. The Hall–Kier alpha value is -1.86. The predicted molar refractivity (Wildman–Crippen MR) is 96.5 cm³/mol. The van der Waals surface area contributed by atoms with Gasteiger partial charge < -0.3 is 14.6 Å². The van der Waals surface area contributed by atoms with Gasteiger partial charge in [0.1, 0.15) is 5.75 Å². The summed E-state index contributed by atoms with van der Waals surface area (Å²) >= 11 is 0. The van der Waals surface area contributed by atoms with E-state index in [2.05, 4.69) is 27.0 Å². The van der Waals surface area contributed by atoms with Crippen LogP contribution in [0.5, 0.6) is 5.75 Å². The standard InChI is InChI=1S/C18H23N3O3S/c22-25(23)9-5-16(12-25)20-6-7-21-13-19-11-17(21)14-3-4-18-15(10-14)2-1-8-24-18/h3-4,10-11,13,16,20H,1-2,5-9,12H2/t16-/m1/s1. The Morgan fingerprint density at radius 1 is 1.36 bits per heavy atom. The zero-order valence-electron chi connectivity index (χ0n) is 14.1. The Labute approximate surface area is 148 Å². The van der Waals surface area contributed by atoms with Crippen LogP contribution in [0.3, 0.4) is 0 Å². The molecule has 0 radical (unpaired) electrons. The van der Waals surface area contributed by atoms with E-state index in [0.717, 1.165) is 49.5 Å². The monoisotopic (exact) mass is 361 g/mol. The third-order valence-electron chi connectivity index (χ3n) is 4.93. The van der Waals surface area contributed by atoms with Crippen LogP contribution in [0.2, 0.25) is 0 Å². The van der Waals surface area contributed by atoms with E-state index >= 15 is 0 Å². The van der Waals surface area contributed by atoms with Gasteiger partial charge in [0.2, 0.25) is 0 Å². The molecule has 0 unspecified atom stereocenters. The van der Waals surface area contributed by atoms with Crippen molar-refractivity contribution in [3.05, 3.63) is 36.3 Å². The second-order valence-corrected chi connectivity index (χ2v) is 9.03. The molecule has 4 rings (SSSR count). The number of hydrogen-bond donors (Lipinski definition) is 1. The summed E-state index contributed by atoms with van der Waals surface area (Å²) in [6.07, 6.45) is 6.53. The lowest BCUT2D eigenvalue weighted by molar-refractivity contribution is 0.288. The number of fused-ring (bicyclic) bond motifs is 1. The first-order valence-electron chi connectivity index (χ1n) is 8.81. The van der Waals surface area contributed by atoms with Crippen molar-refractivity contribution in [2.24, 2.45) is 0 Å². The number of sulfone groups is 1. The number of aryl methyl sites for hydroxylation is 1. The van der Waals surface area contributed by atoms with Gasteiger partial charge in [0.25, 0.3) is 0 Å². The summed E-state index contributed by atoms with van der Waals surface area (Å²) in [4.78, 5) is 4.29. The topological polar surface area (TPSA) is 73.2 Å². The second-order valence-electron chi connectivity index (χ2n) is 6.80. The molecule has 1 aromatic carbocycles. The van der Waals surface area contributed by atoms with E-state index in [-0.39, 0.29) is 11.8 Å². The lowest BCUT2D eigenvalue weighted by Crippen LogP contribution is -2.32. The van der Waals surface area contributed by atoms with Crippen LogP contribution >= 0.6 is 0 Å². The maximum atomic E-state index is 11.5. The van der Waals surface area contributed by atoms with E-state index in [1.165, 1.54) is 5.56 Å². The molecule has 1 atom stereocenters. The smallest absolute Gasteiger partial charge is 0.151 e. The quantitative estimate of drug-likeness (QED) is 0.877. The summed E-state index contributed by atoms with van der Waals surface area (Å²) in [6.45, 7) is 2.30. The first-order chi connectivity index (χ1) is 12.1. The average molecular weight is 361 g/mol. The largest absolute Gasteiger partial charge is 0.493 e. The molecule has 2 aliphatic heterocycles. The summed E-state index contributed by atoms with van der Waals surface area (Å²) in [5.41, 5.74) is 3.48. The highest BCUT2D eigenvalue weighted by atomic mass is 32.2. The molecule has 1 N–H and O–H groups in total. The van der Waals surface area contributed by atoms with E-state index in [9.17, 15) is 8.42 Å². The minimum Gasteiger partial charge on any atom is -0.493 e. The first kappa shape index (κ1) is 16.6. The van der Waals surface area contributed by atoms with Crippen LogP contribution in [0.4, 0.5) is 0 Å². The lowest BCUT2D eigenvalue weighted by atomic mass is 10.0. The summed E-state index contributed by atoms with van der Waals surface area (Å²) in [5, 5.41) is 3.36. The SMILES string of the molecule is O=S1(=O)CC[C@@H](NCCn2cncc2-c2ccc3c(c2)CCCO3)C1. The lowest BCUT2D eigenvalue weighted by Gasteiger charge is -2.18. The maximum absolute atomic E-state index is 11.5. The third-order valence-corrected chi connectivity index (χ3v) is 6.70. The molecule has 0 saturated carbocycles. The van der Waals surface area contributed by atoms with Gasteiger partial charge >= 0.3 is 0 Å². The van der Waals surface area contributed by atoms with Gasteiger partial charge in [-0.2, -0.15) is 0 Å². The van der Waals surface area contributed by atoms with Crippen LogP contribution in [0.1, 0.15) is 18.4 Å². The normalized spacial score (nSPS) is 21.7. The Morgan fingerprint density at radius 2 is 2.28 bits per heavy atom. The fraction of sp³-hybridized carbons (Fsp3) is 0.500. The number of rotatable bonds is 5. The molecular weight excluding hydrogens is 338 g/mol. The van der Waals surface area contributed by atoms with Crippen LogP contribution in [-0.2, 0) is 22.8 Å². The molecule has 2 aliphatic rings. The Kier molecular flexibility index (Phi) is 4.52. The second kappa shape index (κ2) is 6.80. The van der Waals surface area contributed by atoms with E-state index in [4.69, 9.17) is 4.74 Å². The van der Waals surface area contributed by atoms with Gasteiger partial charge in [0.05, 0.1) is 36.3 Å². The Bertz CT molecular complexity index is 860. The van der Waals surface area contributed by atoms with Crippen molar-refractivity contribution >= 4 is 9.84 Å². The molecule has 0 bridgehead atoms. The maximum Gasteiger partial charge on any atom is 0.151 e. The summed E-state index contributed by atoms with van der Waals surface area (Å²) in [7, 11) is -2.83.